The summed E-state index contributed by atoms with van der Waals surface area (Å²) in [6.07, 6.45) is 3.71. The van der Waals surface area contributed by atoms with E-state index in [2.05, 4.69) is 15.6 Å². The number of ether oxygens (including phenoxy) is 2. The first-order chi connectivity index (χ1) is 14.9. The van der Waals surface area contributed by atoms with Gasteiger partial charge in [0.2, 0.25) is 5.91 Å². The Balaban J connectivity index is 1.61. The highest BCUT2D eigenvalue weighted by Crippen LogP contribution is 2.28. The van der Waals surface area contributed by atoms with Crippen molar-refractivity contribution in [3.63, 3.8) is 0 Å². The summed E-state index contributed by atoms with van der Waals surface area (Å²) in [7, 11) is 3.16. The van der Waals surface area contributed by atoms with Crippen LogP contribution in [0.3, 0.4) is 0 Å². The molecule has 1 aliphatic heterocycles. The van der Waals surface area contributed by atoms with Gasteiger partial charge in [0.15, 0.2) is 17.2 Å². The monoisotopic (exact) mass is 429 g/mol. The van der Waals surface area contributed by atoms with Crippen molar-refractivity contribution in [1.82, 2.24) is 25.2 Å². The Labute approximate surface area is 182 Å². The Morgan fingerprint density at radius 3 is 2.71 bits per heavy atom. The number of hydrogen-bond acceptors (Lipinski definition) is 6. The fourth-order valence-electron chi connectivity index (χ4n) is 3.62. The molecular formula is C22H31N5O4. The summed E-state index contributed by atoms with van der Waals surface area (Å²) in [5, 5.41) is 11.0. The molecule has 168 valence electrons. The number of rotatable bonds is 8. The Morgan fingerprint density at radius 2 is 2.00 bits per heavy atom. The van der Waals surface area contributed by atoms with Gasteiger partial charge in [-0.15, -0.1) is 5.10 Å². The fraction of sp³-hybridized carbons (Fsp3) is 0.545. The SMILES string of the molecule is COc1ccc(CC(=O)N2CCC[C@H](n3cc(C(=O)NCC(C)C)nn3)C2)cc1OC. The smallest absolute Gasteiger partial charge is 0.273 e. The van der Waals surface area contributed by atoms with Crippen molar-refractivity contribution in [2.24, 2.45) is 5.92 Å². The van der Waals surface area contributed by atoms with Crippen molar-refractivity contribution >= 4 is 11.8 Å². The highest BCUT2D eigenvalue weighted by atomic mass is 16.5. The first kappa shape index (κ1) is 22.6. The van der Waals surface area contributed by atoms with Gasteiger partial charge in [-0.25, -0.2) is 4.68 Å². The van der Waals surface area contributed by atoms with Gasteiger partial charge in [-0.05, 0) is 36.5 Å². The third kappa shape index (κ3) is 5.74. The number of likely N-dealkylation sites (tertiary alicyclic amines) is 1. The number of benzene rings is 1. The molecule has 0 aliphatic carbocycles. The molecule has 2 amide bonds. The van der Waals surface area contributed by atoms with Crippen molar-refractivity contribution in [3.8, 4) is 11.5 Å². The van der Waals surface area contributed by atoms with Crippen LogP contribution in [-0.4, -0.2) is 65.6 Å². The standard InChI is InChI=1S/C22H31N5O4/c1-15(2)12-23-22(29)18-14-27(25-24-18)17-6-5-9-26(13-17)21(28)11-16-7-8-19(30-3)20(10-16)31-4/h7-8,10,14-15,17H,5-6,9,11-13H2,1-4H3,(H,23,29)/t17-/m0/s1. The third-order valence-electron chi connectivity index (χ3n) is 5.34. The highest BCUT2D eigenvalue weighted by molar-refractivity contribution is 5.91. The van der Waals surface area contributed by atoms with Crippen LogP contribution < -0.4 is 14.8 Å². The highest BCUT2D eigenvalue weighted by Gasteiger charge is 2.26. The molecule has 0 saturated carbocycles. The number of piperidine rings is 1. The van der Waals surface area contributed by atoms with Gasteiger partial charge in [0, 0.05) is 19.6 Å². The molecule has 0 radical (unpaired) electrons. The predicted molar refractivity (Wildman–Crippen MR) is 115 cm³/mol. The molecule has 0 spiro atoms. The van der Waals surface area contributed by atoms with Crippen molar-refractivity contribution in [2.45, 2.75) is 39.2 Å². The second-order valence-corrected chi connectivity index (χ2v) is 8.19. The van der Waals surface area contributed by atoms with Crippen LogP contribution in [0.1, 0.15) is 48.8 Å². The first-order valence-corrected chi connectivity index (χ1v) is 10.6. The zero-order valence-corrected chi connectivity index (χ0v) is 18.6. The van der Waals surface area contributed by atoms with Gasteiger partial charge in [0.05, 0.1) is 32.9 Å². The molecule has 1 aromatic carbocycles. The second-order valence-electron chi connectivity index (χ2n) is 8.19. The van der Waals surface area contributed by atoms with Gasteiger partial charge < -0.3 is 19.7 Å². The fourth-order valence-corrected chi connectivity index (χ4v) is 3.62. The van der Waals surface area contributed by atoms with Crippen LogP contribution in [0.15, 0.2) is 24.4 Å². The number of amides is 2. The minimum absolute atomic E-state index is 0.00209. The topological polar surface area (TPSA) is 98.6 Å². The van der Waals surface area contributed by atoms with Gasteiger partial charge >= 0.3 is 0 Å². The van der Waals surface area contributed by atoms with Crippen molar-refractivity contribution in [3.05, 3.63) is 35.7 Å². The van der Waals surface area contributed by atoms with E-state index in [1.807, 2.05) is 36.9 Å². The van der Waals surface area contributed by atoms with E-state index < -0.39 is 0 Å². The normalized spacial score (nSPS) is 16.3. The number of carbonyl (C=O) groups excluding carboxylic acids is 2. The maximum Gasteiger partial charge on any atom is 0.273 e. The zero-order chi connectivity index (χ0) is 22.4. The third-order valence-corrected chi connectivity index (χ3v) is 5.34. The van der Waals surface area contributed by atoms with Crippen LogP contribution in [-0.2, 0) is 11.2 Å². The lowest BCUT2D eigenvalue weighted by Gasteiger charge is -2.32. The molecule has 1 N–H and O–H groups in total. The molecule has 1 aliphatic rings. The minimum atomic E-state index is -0.225. The van der Waals surface area contributed by atoms with E-state index in [1.165, 1.54) is 0 Å². The molecule has 31 heavy (non-hydrogen) atoms. The molecule has 3 rings (SSSR count). The molecule has 1 saturated heterocycles. The zero-order valence-electron chi connectivity index (χ0n) is 18.6. The quantitative estimate of drug-likeness (QED) is 0.690. The maximum absolute atomic E-state index is 12.9. The van der Waals surface area contributed by atoms with Gasteiger partial charge in [-0.3, -0.25) is 9.59 Å². The van der Waals surface area contributed by atoms with Gasteiger partial charge in [0.1, 0.15) is 0 Å². The molecule has 9 nitrogen and oxygen atoms in total. The largest absolute Gasteiger partial charge is 0.493 e. The number of nitrogens with one attached hydrogen (secondary N) is 1. The second kappa shape index (κ2) is 10.3. The molecule has 1 aromatic heterocycles. The van der Waals surface area contributed by atoms with E-state index in [1.54, 1.807) is 25.1 Å². The van der Waals surface area contributed by atoms with Crippen LogP contribution in [0.5, 0.6) is 11.5 Å². The lowest BCUT2D eigenvalue weighted by Crippen LogP contribution is -2.41. The molecule has 1 fully saturated rings. The Hall–Kier alpha value is -3.10. The molecule has 2 heterocycles. The Morgan fingerprint density at radius 1 is 1.23 bits per heavy atom. The van der Waals surface area contributed by atoms with Crippen LogP contribution in [0.2, 0.25) is 0 Å². The molecule has 0 unspecified atom stereocenters. The number of carbonyl (C=O) groups is 2. The number of nitrogens with zero attached hydrogens (tertiary/aromatic N) is 4. The molecule has 0 bridgehead atoms. The summed E-state index contributed by atoms with van der Waals surface area (Å²) in [5.74, 6) is 1.43. The van der Waals surface area contributed by atoms with Crippen LogP contribution >= 0.6 is 0 Å². The van der Waals surface area contributed by atoms with E-state index in [0.717, 1.165) is 18.4 Å². The summed E-state index contributed by atoms with van der Waals surface area (Å²) in [4.78, 5) is 27.0. The number of methoxy groups -OCH3 is 2. The Kier molecular flexibility index (Phi) is 7.49. The summed E-state index contributed by atoms with van der Waals surface area (Å²) in [6.45, 7) is 5.91. The average molecular weight is 430 g/mol. The van der Waals surface area contributed by atoms with Crippen LogP contribution in [0.4, 0.5) is 0 Å². The van der Waals surface area contributed by atoms with E-state index in [9.17, 15) is 9.59 Å². The molecular weight excluding hydrogens is 398 g/mol. The summed E-state index contributed by atoms with van der Waals surface area (Å²) < 4.78 is 12.3. The van der Waals surface area contributed by atoms with Gasteiger partial charge in [-0.1, -0.05) is 25.1 Å². The van der Waals surface area contributed by atoms with Gasteiger partial charge in [0.25, 0.3) is 5.91 Å². The summed E-state index contributed by atoms with van der Waals surface area (Å²) >= 11 is 0. The number of aromatic nitrogens is 3. The van der Waals surface area contributed by atoms with Crippen LogP contribution in [0.25, 0.3) is 0 Å². The van der Waals surface area contributed by atoms with E-state index >= 15 is 0 Å². The van der Waals surface area contributed by atoms with Crippen molar-refractivity contribution in [1.29, 1.82) is 0 Å². The predicted octanol–water partition coefficient (Wildman–Crippen LogP) is 2.09. The first-order valence-electron chi connectivity index (χ1n) is 10.6. The molecule has 2 aromatic rings. The van der Waals surface area contributed by atoms with Crippen LogP contribution in [0, 0.1) is 5.92 Å². The van der Waals surface area contributed by atoms with Crippen molar-refractivity contribution in [2.75, 3.05) is 33.9 Å². The summed E-state index contributed by atoms with van der Waals surface area (Å²) in [5.41, 5.74) is 1.17. The Bertz CT molecular complexity index is 911. The lowest BCUT2D eigenvalue weighted by atomic mass is 10.0. The van der Waals surface area contributed by atoms with E-state index in [-0.39, 0.29) is 24.3 Å². The minimum Gasteiger partial charge on any atom is -0.493 e. The van der Waals surface area contributed by atoms with E-state index in [0.29, 0.717) is 42.7 Å². The van der Waals surface area contributed by atoms with Gasteiger partial charge in [-0.2, -0.15) is 0 Å². The van der Waals surface area contributed by atoms with E-state index in [4.69, 9.17) is 9.47 Å². The molecule has 1 atom stereocenters. The maximum atomic E-state index is 12.9. The number of hydrogen-bond donors (Lipinski definition) is 1. The average Bonchev–Trinajstić information content (AvgIpc) is 3.28. The van der Waals surface area contributed by atoms with Crippen molar-refractivity contribution < 1.29 is 19.1 Å². The molecule has 9 heteroatoms. The summed E-state index contributed by atoms with van der Waals surface area (Å²) in [6, 6.07) is 5.52. The lowest BCUT2D eigenvalue weighted by molar-refractivity contribution is -0.132.